The van der Waals surface area contributed by atoms with Gasteiger partial charge in [-0.15, -0.1) is 34.0 Å². The summed E-state index contributed by atoms with van der Waals surface area (Å²) in [7, 11) is 0. The lowest BCUT2D eigenvalue weighted by atomic mass is 9.69. The predicted molar refractivity (Wildman–Crippen MR) is 209 cm³/mol. The maximum Gasteiger partial charge on any atom is 0.216 e. The molecule has 0 bridgehead atoms. The van der Waals surface area contributed by atoms with E-state index in [0.717, 1.165) is 62.8 Å². The van der Waals surface area contributed by atoms with Crippen LogP contribution < -0.4 is 32.4 Å². The van der Waals surface area contributed by atoms with Crippen LogP contribution in [0.1, 0.15) is 85.1 Å². The van der Waals surface area contributed by atoms with Gasteiger partial charge in [-0.1, -0.05) is 87.1 Å². The van der Waals surface area contributed by atoms with Crippen molar-refractivity contribution in [2.75, 3.05) is 0 Å². The number of thiophene rings is 3. The van der Waals surface area contributed by atoms with E-state index in [2.05, 4.69) is 12.2 Å². The van der Waals surface area contributed by atoms with Crippen LogP contribution in [0, 0.1) is 0 Å². The molecule has 0 amide bonds. The Labute approximate surface area is 302 Å². The minimum Gasteiger partial charge on any atom is -0.287 e. The van der Waals surface area contributed by atoms with Gasteiger partial charge in [-0.05, 0) is 37.8 Å². The van der Waals surface area contributed by atoms with Crippen molar-refractivity contribution in [3.8, 4) is 0 Å². The highest BCUT2D eigenvalue weighted by Gasteiger charge is 2.49. The minimum atomic E-state index is -0.319. The summed E-state index contributed by atoms with van der Waals surface area (Å²) in [5.41, 5.74) is 2.68. The second kappa shape index (κ2) is 10.6. The molecule has 0 unspecified atom stereocenters. The molecule has 4 aromatic carbocycles. The van der Waals surface area contributed by atoms with Crippen molar-refractivity contribution in [1.29, 1.82) is 0 Å². The molecule has 0 aliphatic heterocycles. The third kappa shape index (κ3) is 3.86. The van der Waals surface area contributed by atoms with Crippen molar-refractivity contribution in [2.24, 2.45) is 9.98 Å². The lowest BCUT2D eigenvalue weighted by molar-refractivity contribution is 0.345. The molecule has 2 fully saturated rings. The van der Waals surface area contributed by atoms with Crippen LogP contribution in [0.25, 0.3) is 52.5 Å². The van der Waals surface area contributed by atoms with Crippen LogP contribution in [0.4, 0.5) is 0 Å². The van der Waals surface area contributed by atoms with E-state index in [-0.39, 0.29) is 43.3 Å². The van der Waals surface area contributed by atoms with Crippen LogP contribution in [0.3, 0.4) is 0 Å². The van der Waals surface area contributed by atoms with Crippen molar-refractivity contribution in [1.82, 2.24) is 0 Å². The summed E-state index contributed by atoms with van der Waals surface area (Å²) in [5.74, 6) is 0. The minimum absolute atomic E-state index is 0.0468. The van der Waals surface area contributed by atoms with E-state index >= 15 is 0 Å². The second-order valence-electron chi connectivity index (χ2n) is 14.8. The van der Waals surface area contributed by atoms with Gasteiger partial charge in [0.2, 0.25) is 21.7 Å². The number of hydrogen-bond donors (Lipinski definition) is 0. The van der Waals surface area contributed by atoms with Gasteiger partial charge in [-0.25, -0.2) is 9.98 Å². The number of nitrogens with zero attached hydrogens (tertiary/aromatic N) is 2. The molecule has 0 radical (unpaired) electrons. The molecule has 3 heterocycles. The fraction of sp³-hybridized carbons (Fsp3) is 0.286. The zero-order chi connectivity index (χ0) is 34.2. The fourth-order valence-electron chi connectivity index (χ4n) is 9.87. The lowest BCUT2D eigenvalue weighted by Gasteiger charge is -2.35. The van der Waals surface area contributed by atoms with Gasteiger partial charge in [0, 0.05) is 53.3 Å². The fourth-order valence-corrected chi connectivity index (χ4v) is 14.6. The van der Waals surface area contributed by atoms with Crippen LogP contribution in [-0.4, -0.2) is 0 Å². The van der Waals surface area contributed by atoms with Crippen molar-refractivity contribution >= 4 is 86.5 Å². The molecule has 4 aliphatic rings. The van der Waals surface area contributed by atoms with E-state index in [9.17, 15) is 19.2 Å². The van der Waals surface area contributed by atoms with Crippen LogP contribution in [0.15, 0.2) is 89.1 Å². The van der Waals surface area contributed by atoms with E-state index in [1.54, 1.807) is 48.5 Å². The van der Waals surface area contributed by atoms with Crippen LogP contribution in [0.5, 0.6) is 0 Å². The summed E-state index contributed by atoms with van der Waals surface area (Å²) in [6.07, 6.45) is 14.8. The highest BCUT2D eigenvalue weighted by molar-refractivity contribution is 7.39. The molecule has 6 nitrogen and oxygen atoms in total. The van der Waals surface area contributed by atoms with Gasteiger partial charge < -0.3 is 0 Å². The van der Waals surface area contributed by atoms with Gasteiger partial charge in [0.25, 0.3) is 0 Å². The molecule has 11 rings (SSSR count). The highest BCUT2D eigenvalue weighted by Crippen LogP contribution is 2.63. The van der Waals surface area contributed by atoms with Crippen molar-refractivity contribution in [3.63, 3.8) is 0 Å². The summed E-state index contributed by atoms with van der Waals surface area (Å²) >= 11 is 5.52. The molecule has 3 aromatic heterocycles. The predicted octanol–water partition coefficient (Wildman–Crippen LogP) is 7.99. The van der Waals surface area contributed by atoms with Crippen molar-refractivity contribution in [3.05, 3.63) is 132 Å². The Morgan fingerprint density at radius 2 is 0.804 bits per heavy atom. The first kappa shape index (κ1) is 30.2. The maximum atomic E-state index is 13.4. The summed E-state index contributed by atoms with van der Waals surface area (Å²) in [5, 5.41) is 1.88. The number of fused-ring (bicyclic) bond motifs is 11. The molecule has 250 valence electrons. The van der Waals surface area contributed by atoms with Gasteiger partial charge in [-0.2, -0.15) is 0 Å². The number of rotatable bonds is 2. The van der Waals surface area contributed by atoms with E-state index in [1.165, 1.54) is 52.5 Å². The van der Waals surface area contributed by atoms with E-state index < -0.39 is 0 Å². The average molecular weight is 723 g/mol. The molecule has 2 spiro atoms. The SMILES string of the molecule is O=c1c(=NC2=Cc3sc4c(sc5c6c(sc54)C=C(N=c4c(=O)c5ccccc5c4=O)C64CCCCC4)c3C23CCCCC3)c(=O)c2ccccc12. The van der Waals surface area contributed by atoms with Crippen molar-refractivity contribution in [2.45, 2.75) is 75.0 Å². The Bertz CT molecular complexity index is 2780. The van der Waals surface area contributed by atoms with Gasteiger partial charge in [0.1, 0.15) is 0 Å². The van der Waals surface area contributed by atoms with Crippen molar-refractivity contribution < 1.29 is 0 Å². The monoisotopic (exact) mass is 722 g/mol. The Hall–Kier alpha value is -4.44. The van der Waals surface area contributed by atoms with Gasteiger partial charge in [0.05, 0.1) is 30.2 Å². The maximum absolute atomic E-state index is 13.4. The molecule has 2 saturated carbocycles. The molecular formula is C42H30N2O4S3. The average Bonchev–Trinajstić information content (AvgIpc) is 3.99. The number of benzene rings is 2. The Balaban J connectivity index is 1.11. The van der Waals surface area contributed by atoms with Crippen LogP contribution >= 0.6 is 34.0 Å². The molecule has 4 aliphatic carbocycles. The molecule has 7 aromatic rings. The van der Waals surface area contributed by atoms with E-state index in [4.69, 9.17) is 9.98 Å². The second-order valence-corrected chi connectivity index (χ2v) is 17.9. The molecule has 0 atom stereocenters. The molecular weight excluding hydrogens is 693 g/mol. The summed E-state index contributed by atoms with van der Waals surface area (Å²) < 4.78 is 5.25. The first-order chi connectivity index (χ1) is 24.9. The number of hydrogen-bond acceptors (Lipinski definition) is 9. The Morgan fingerprint density at radius 1 is 0.451 bits per heavy atom. The summed E-state index contributed by atoms with van der Waals surface area (Å²) in [6.45, 7) is 0. The third-order valence-electron chi connectivity index (χ3n) is 12.2. The highest BCUT2D eigenvalue weighted by atomic mass is 32.1. The topological polar surface area (TPSA) is 93.0 Å². The molecule has 51 heavy (non-hydrogen) atoms. The Morgan fingerprint density at radius 3 is 1.16 bits per heavy atom. The Kier molecular flexibility index (Phi) is 6.25. The standard InChI is InChI=1S/C42H30N2O4S3/c45-33-21-11-3-4-12-22(21)34(46)31(33)43-27-19-25-29(41(27)15-7-1-8-16-41)37-39(49-25)40-38(51-37)30-26(50-40)20-28(42(30)17-9-2-10-18-42)44-32-35(47)23-13-5-6-14-24(23)36(32)48/h3-6,11-14,19-20H,1-2,7-10,15-18H2. The number of allylic oxidation sites excluding steroid dienone is 2. The molecule has 9 heteroatoms. The summed E-state index contributed by atoms with van der Waals surface area (Å²) in [6, 6.07) is 14.1. The normalized spacial score (nSPS) is 19.1. The zero-order valence-corrected chi connectivity index (χ0v) is 30.0. The third-order valence-corrected chi connectivity index (χ3v) is 16.2. The zero-order valence-electron chi connectivity index (χ0n) is 27.6. The first-order valence-corrected chi connectivity index (χ1v) is 20.4. The first-order valence-electron chi connectivity index (χ1n) is 17.9. The van der Waals surface area contributed by atoms with Crippen LogP contribution in [0.2, 0.25) is 0 Å². The van der Waals surface area contributed by atoms with E-state index in [1.807, 2.05) is 34.0 Å². The molecule has 0 N–H and O–H groups in total. The van der Waals surface area contributed by atoms with Crippen LogP contribution in [-0.2, 0) is 10.8 Å². The van der Waals surface area contributed by atoms with E-state index in [0.29, 0.717) is 21.5 Å². The summed E-state index contributed by atoms with van der Waals surface area (Å²) in [4.78, 5) is 66.1. The van der Waals surface area contributed by atoms with Gasteiger partial charge in [-0.3, -0.25) is 19.2 Å². The smallest absolute Gasteiger partial charge is 0.216 e. The lowest BCUT2D eigenvalue weighted by Crippen LogP contribution is -2.35. The molecule has 0 saturated heterocycles. The van der Waals surface area contributed by atoms with Gasteiger partial charge in [0.15, 0.2) is 10.7 Å². The quantitative estimate of drug-likeness (QED) is 0.181. The largest absolute Gasteiger partial charge is 0.287 e. The van der Waals surface area contributed by atoms with Gasteiger partial charge >= 0.3 is 0 Å².